The van der Waals surface area contributed by atoms with E-state index in [1.54, 1.807) is 18.2 Å². The second-order valence-electron chi connectivity index (χ2n) is 3.92. The summed E-state index contributed by atoms with van der Waals surface area (Å²) >= 11 is 6.13. The molecule has 1 aliphatic rings. The first kappa shape index (κ1) is 12.4. The third kappa shape index (κ3) is 2.60. The lowest BCUT2D eigenvalue weighted by Crippen LogP contribution is -2.44. The summed E-state index contributed by atoms with van der Waals surface area (Å²) in [7, 11) is 0. The topological polar surface area (TPSA) is 49.8 Å². The van der Waals surface area contributed by atoms with Gasteiger partial charge in [0.1, 0.15) is 0 Å². The van der Waals surface area contributed by atoms with Gasteiger partial charge in [-0.3, -0.25) is 4.79 Å². The molecule has 2 rings (SSSR count). The standard InChI is InChI=1S/C12H14ClNO3/c13-11-3-1-2-9(7-15)12(11)14-4-5-17-10(6-14)8-16/h1-3,7,10,16H,4-6,8H2. The first-order chi connectivity index (χ1) is 8.26. The molecule has 0 saturated carbocycles. The minimum Gasteiger partial charge on any atom is -0.394 e. The van der Waals surface area contributed by atoms with Gasteiger partial charge < -0.3 is 14.7 Å². The molecule has 5 heteroatoms. The predicted octanol–water partition coefficient (Wildman–Crippen LogP) is 1.35. The van der Waals surface area contributed by atoms with Gasteiger partial charge in [-0.2, -0.15) is 0 Å². The van der Waals surface area contributed by atoms with Crippen molar-refractivity contribution in [1.82, 2.24) is 0 Å². The van der Waals surface area contributed by atoms with E-state index in [2.05, 4.69) is 0 Å². The van der Waals surface area contributed by atoms with Crippen molar-refractivity contribution in [2.45, 2.75) is 6.10 Å². The van der Waals surface area contributed by atoms with Crippen LogP contribution in [0.4, 0.5) is 5.69 Å². The molecule has 0 amide bonds. The van der Waals surface area contributed by atoms with Crippen LogP contribution in [0, 0.1) is 0 Å². The lowest BCUT2D eigenvalue weighted by molar-refractivity contribution is 0.00355. The Morgan fingerprint density at radius 1 is 1.59 bits per heavy atom. The summed E-state index contributed by atoms with van der Waals surface area (Å²) in [5.74, 6) is 0. The van der Waals surface area contributed by atoms with Crippen molar-refractivity contribution in [1.29, 1.82) is 0 Å². The smallest absolute Gasteiger partial charge is 0.152 e. The first-order valence-corrected chi connectivity index (χ1v) is 5.85. The third-order valence-corrected chi connectivity index (χ3v) is 3.11. The number of aldehydes is 1. The molecule has 0 radical (unpaired) electrons. The Morgan fingerprint density at radius 2 is 2.41 bits per heavy atom. The molecule has 1 aliphatic heterocycles. The second-order valence-corrected chi connectivity index (χ2v) is 4.32. The van der Waals surface area contributed by atoms with E-state index >= 15 is 0 Å². The van der Waals surface area contributed by atoms with Gasteiger partial charge in [-0.25, -0.2) is 0 Å². The molecular formula is C12H14ClNO3. The number of aliphatic hydroxyl groups is 1. The number of benzene rings is 1. The number of halogens is 1. The number of nitrogens with zero attached hydrogens (tertiary/aromatic N) is 1. The van der Waals surface area contributed by atoms with Crippen LogP contribution in [0.2, 0.25) is 5.02 Å². The Bertz CT molecular complexity index is 411. The number of para-hydroxylation sites is 1. The maximum absolute atomic E-state index is 11.0. The number of aliphatic hydroxyl groups excluding tert-OH is 1. The van der Waals surface area contributed by atoms with Crippen LogP contribution in [0.15, 0.2) is 18.2 Å². The normalized spacial score (nSPS) is 20.4. The van der Waals surface area contributed by atoms with Crippen molar-refractivity contribution < 1.29 is 14.6 Å². The van der Waals surface area contributed by atoms with Crippen LogP contribution in [0.5, 0.6) is 0 Å². The molecule has 4 nitrogen and oxygen atoms in total. The zero-order valence-corrected chi connectivity index (χ0v) is 10.1. The van der Waals surface area contributed by atoms with E-state index in [-0.39, 0.29) is 12.7 Å². The molecule has 1 N–H and O–H groups in total. The number of morpholine rings is 1. The molecule has 1 unspecified atom stereocenters. The number of ether oxygens (including phenoxy) is 1. The van der Waals surface area contributed by atoms with Gasteiger partial charge in [0, 0.05) is 18.7 Å². The number of hydrogen-bond acceptors (Lipinski definition) is 4. The summed E-state index contributed by atoms with van der Waals surface area (Å²) in [6, 6.07) is 5.24. The zero-order valence-electron chi connectivity index (χ0n) is 9.30. The van der Waals surface area contributed by atoms with E-state index in [4.69, 9.17) is 21.4 Å². The summed E-state index contributed by atoms with van der Waals surface area (Å²) in [6.45, 7) is 1.70. The summed E-state index contributed by atoms with van der Waals surface area (Å²) < 4.78 is 5.37. The molecule has 1 fully saturated rings. The van der Waals surface area contributed by atoms with Crippen molar-refractivity contribution in [2.75, 3.05) is 31.2 Å². The molecule has 1 aromatic rings. The van der Waals surface area contributed by atoms with Crippen LogP contribution in [0.1, 0.15) is 10.4 Å². The molecule has 92 valence electrons. The number of anilines is 1. The minimum atomic E-state index is -0.223. The highest BCUT2D eigenvalue weighted by molar-refractivity contribution is 6.33. The Kier molecular flexibility index (Phi) is 3.99. The van der Waals surface area contributed by atoms with Gasteiger partial charge >= 0.3 is 0 Å². The molecule has 1 atom stereocenters. The van der Waals surface area contributed by atoms with Crippen molar-refractivity contribution in [3.63, 3.8) is 0 Å². The SMILES string of the molecule is O=Cc1cccc(Cl)c1N1CCOC(CO)C1. The largest absolute Gasteiger partial charge is 0.394 e. The summed E-state index contributed by atoms with van der Waals surface area (Å²) in [5, 5.41) is 9.65. The molecule has 0 aromatic heterocycles. The van der Waals surface area contributed by atoms with Crippen LogP contribution in [0.3, 0.4) is 0 Å². The minimum absolute atomic E-state index is 0.0304. The van der Waals surface area contributed by atoms with E-state index in [9.17, 15) is 4.79 Å². The van der Waals surface area contributed by atoms with Gasteiger partial charge in [0.15, 0.2) is 6.29 Å². The van der Waals surface area contributed by atoms with Crippen LogP contribution in [0.25, 0.3) is 0 Å². The van der Waals surface area contributed by atoms with E-state index < -0.39 is 0 Å². The molecule has 0 bridgehead atoms. The van der Waals surface area contributed by atoms with Crippen LogP contribution in [-0.4, -0.2) is 43.8 Å². The Balaban J connectivity index is 2.29. The average molecular weight is 256 g/mol. The van der Waals surface area contributed by atoms with E-state index in [1.807, 2.05) is 4.90 Å². The number of rotatable bonds is 3. The third-order valence-electron chi connectivity index (χ3n) is 2.80. The van der Waals surface area contributed by atoms with Crippen molar-refractivity contribution >= 4 is 23.6 Å². The van der Waals surface area contributed by atoms with Crippen LogP contribution in [-0.2, 0) is 4.74 Å². The first-order valence-electron chi connectivity index (χ1n) is 5.47. The number of hydrogen-bond donors (Lipinski definition) is 1. The predicted molar refractivity (Wildman–Crippen MR) is 65.9 cm³/mol. The van der Waals surface area contributed by atoms with Gasteiger partial charge in [0.2, 0.25) is 0 Å². The van der Waals surface area contributed by atoms with Gasteiger partial charge in [0.05, 0.1) is 30.0 Å². The second kappa shape index (κ2) is 5.49. The van der Waals surface area contributed by atoms with E-state index in [0.29, 0.717) is 30.3 Å². The van der Waals surface area contributed by atoms with Crippen molar-refractivity contribution in [3.8, 4) is 0 Å². The summed E-state index contributed by atoms with van der Waals surface area (Å²) in [6.07, 6.45) is 0.574. The van der Waals surface area contributed by atoms with Gasteiger partial charge in [-0.05, 0) is 12.1 Å². The van der Waals surface area contributed by atoms with E-state index in [1.165, 1.54) is 0 Å². The Labute approximate surface area is 105 Å². The Hall–Kier alpha value is -1.10. The highest BCUT2D eigenvalue weighted by atomic mass is 35.5. The fraction of sp³-hybridized carbons (Fsp3) is 0.417. The van der Waals surface area contributed by atoms with Crippen molar-refractivity contribution in [3.05, 3.63) is 28.8 Å². The molecule has 17 heavy (non-hydrogen) atoms. The Morgan fingerprint density at radius 3 is 3.12 bits per heavy atom. The fourth-order valence-corrected chi connectivity index (χ4v) is 2.30. The fourth-order valence-electron chi connectivity index (χ4n) is 1.99. The van der Waals surface area contributed by atoms with Gasteiger partial charge in [0.25, 0.3) is 0 Å². The highest BCUT2D eigenvalue weighted by Gasteiger charge is 2.23. The molecule has 0 aliphatic carbocycles. The summed E-state index contributed by atoms with van der Waals surface area (Å²) in [4.78, 5) is 13.0. The maximum Gasteiger partial charge on any atom is 0.152 e. The maximum atomic E-state index is 11.0. The quantitative estimate of drug-likeness (QED) is 0.829. The lowest BCUT2D eigenvalue weighted by atomic mass is 10.1. The van der Waals surface area contributed by atoms with Gasteiger partial charge in [-0.15, -0.1) is 0 Å². The molecule has 1 heterocycles. The van der Waals surface area contributed by atoms with Crippen molar-refractivity contribution in [2.24, 2.45) is 0 Å². The monoisotopic (exact) mass is 255 g/mol. The van der Waals surface area contributed by atoms with Crippen LogP contribution >= 0.6 is 11.6 Å². The molecule has 1 aromatic carbocycles. The zero-order chi connectivity index (χ0) is 12.3. The summed E-state index contributed by atoms with van der Waals surface area (Å²) in [5.41, 5.74) is 1.29. The average Bonchev–Trinajstić information content (AvgIpc) is 2.38. The molecule has 1 saturated heterocycles. The number of carbonyl (C=O) groups excluding carboxylic acids is 1. The van der Waals surface area contributed by atoms with Crippen LogP contribution < -0.4 is 4.90 Å². The highest BCUT2D eigenvalue weighted by Crippen LogP contribution is 2.30. The van der Waals surface area contributed by atoms with Gasteiger partial charge in [-0.1, -0.05) is 17.7 Å². The molecule has 0 spiro atoms. The van der Waals surface area contributed by atoms with E-state index in [0.717, 1.165) is 12.0 Å². The number of carbonyl (C=O) groups is 1. The molecular weight excluding hydrogens is 242 g/mol. The lowest BCUT2D eigenvalue weighted by Gasteiger charge is -2.34.